The summed E-state index contributed by atoms with van der Waals surface area (Å²) in [6.07, 6.45) is 1.06. The number of ether oxygens (including phenoxy) is 1. The van der Waals surface area contributed by atoms with Crippen LogP contribution in [0.5, 0.6) is 0 Å². The van der Waals surface area contributed by atoms with Gasteiger partial charge in [-0.2, -0.15) is 0 Å². The maximum absolute atomic E-state index is 12.8. The lowest BCUT2D eigenvalue weighted by molar-refractivity contribution is -0.137. The van der Waals surface area contributed by atoms with Crippen LogP contribution in [0.4, 0.5) is 10.5 Å². The van der Waals surface area contributed by atoms with E-state index < -0.39 is 18.0 Å². The Morgan fingerprint density at radius 1 is 1.00 bits per heavy atom. The first kappa shape index (κ1) is 23.0. The van der Waals surface area contributed by atoms with Gasteiger partial charge in [0.25, 0.3) is 5.91 Å². The number of fused-ring (bicyclic) bond motifs is 3. The van der Waals surface area contributed by atoms with Crippen LogP contribution in [0.3, 0.4) is 0 Å². The Morgan fingerprint density at radius 3 is 2.29 bits per heavy atom. The third kappa shape index (κ3) is 4.91. The zero-order valence-corrected chi connectivity index (χ0v) is 18.7. The number of nitrogens with one attached hydrogen (secondary N) is 1. The number of hydrogen-bond acceptors (Lipinski definition) is 5. The summed E-state index contributed by atoms with van der Waals surface area (Å²) in [5.41, 5.74) is 4.79. The molecule has 8 heteroatoms. The van der Waals surface area contributed by atoms with Crippen molar-refractivity contribution < 1.29 is 24.2 Å². The average Bonchev–Trinajstić information content (AvgIpc) is 3.16. The summed E-state index contributed by atoms with van der Waals surface area (Å²) in [6.45, 7) is 0.407. The molecule has 34 heavy (non-hydrogen) atoms. The van der Waals surface area contributed by atoms with Crippen LogP contribution in [-0.2, 0) is 9.53 Å². The molecule has 0 atom stereocenters. The van der Waals surface area contributed by atoms with Crippen LogP contribution < -0.4 is 5.32 Å². The van der Waals surface area contributed by atoms with Gasteiger partial charge in [0.05, 0.1) is 5.69 Å². The highest BCUT2D eigenvalue weighted by molar-refractivity contribution is 6.00. The molecule has 2 aromatic carbocycles. The number of amides is 2. The average molecular weight is 460 g/mol. The fourth-order valence-electron chi connectivity index (χ4n) is 4.17. The Kier molecular flexibility index (Phi) is 6.87. The summed E-state index contributed by atoms with van der Waals surface area (Å²) in [5, 5.41) is 11.4. The van der Waals surface area contributed by atoms with Crippen molar-refractivity contribution in [1.29, 1.82) is 0 Å². The van der Waals surface area contributed by atoms with Gasteiger partial charge in [0.1, 0.15) is 6.61 Å². The number of carbonyl (C=O) groups is 3. The van der Waals surface area contributed by atoms with Crippen LogP contribution in [0.1, 0.15) is 40.4 Å². The Hall–Kier alpha value is -4.20. The second-order valence-electron chi connectivity index (χ2n) is 8.07. The fourth-order valence-corrected chi connectivity index (χ4v) is 4.17. The molecule has 0 spiro atoms. The number of anilines is 1. The molecule has 8 nitrogen and oxygen atoms in total. The number of rotatable bonds is 8. The SMILES string of the molecule is CN(CCCC(=O)O)C(=O)c1ncccc1NC(=O)OCC1c2ccccc2-c2ccccc21. The number of carboxylic acids is 1. The van der Waals surface area contributed by atoms with E-state index >= 15 is 0 Å². The Labute approximate surface area is 197 Å². The van der Waals surface area contributed by atoms with E-state index in [1.165, 1.54) is 11.1 Å². The second-order valence-corrected chi connectivity index (χ2v) is 8.07. The molecular formula is C26H25N3O5. The Balaban J connectivity index is 1.42. The summed E-state index contributed by atoms with van der Waals surface area (Å²) in [4.78, 5) is 41.6. The minimum Gasteiger partial charge on any atom is -0.481 e. The van der Waals surface area contributed by atoms with E-state index in [0.717, 1.165) is 22.3 Å². The number of aromatic nitrogens is 1. The van der Waals surface area contributed by atoms with E-state index in [1.54, 1.807) is 19.2 Å². The summed E-state index contributed by atoms with van der Waals surface area (Å²) >= 11 is 0. The minimum atomic E-state index is -0.920. The van der Waals surface area contributed by atoms with E-state index in [0.29, 0.717) is 6.42 Å². The lowest BCUT2D eigenvalue weighted by Gasteiger charge is -2.18. The van der Waals surface area contributed by atoms with Gasteiger partial charge in [-0.25, -0.2) is 9.78 Å². The van der Waals surface area contributed by atoms with Crippen LogP contribution in [0.15, 0.2) is 66.9 Å². The van der Waals surface area contributed by atoms with E-state index in [-0.39, 0.29) is 36.9 Å². The maximum atomic E-state index is 12.8. The number of aliphatic carboxylic acids is 1. The van der Waals surface area contributed by atoms with E-state index in [1.807, 2.05) is 36.4 Å². The van der Waals surface area contributed by atoms with Crippen LogP contribution in [-0.4, -0.2) is 53.2 Å². The number of benzene rings is 2. The zero-order chi connectivity index (χ0) is 24.1. The van der Waals surface area contributed by atoms with Gasteiger partial charge in [-0.1, -0.05) is 48.5 Å². The zero-order valence-electron chi connectivity index (χ0n) is 18.7. The first-order valence-electron chi connectivity index (χ1n) is 11.0. The minimum absolute atomic E-state index is 0.0370. The second kappa shape index (κ2) is 10.2. The van der Waals surface area contributed by atoms with Crippen LogP contribution in [0.2, 0.25) is 0 Å². The third-order valence-corrected chi connectivity index (χ3v) is 5.82. The van der Waals surface area contributed by atoms with Crippen molar-refractivity contribution in [2.75, 3.05) is 25.5 Å². The molecule has 1 aliphatic carbocycles. The summed E-state index contributed by atoms with van der Waals surface area (Å²) < 4.78 is 5.56. The molecule has 0 bridgehead atoms. The number of hydrogen-bond donors (Lipinski definition) is 2. The highest BCUT2D eigenvalue weighted by Crippen LogP contribution is 2.44. The smallest absolute Gasteiger partial charge is 0.411 e. The van der Waals surface area contributed by atoms with Gasteiger partial charge in [-0.05, 0) is 40.8 Å². The lowest BCUT2D eigenvalue weighted by Crippen LogP contribution is -2.30. The van der Waals surface area contributed by atoms with Crippen molar-refractivity contribution >= 4 is 23.7 Å². The van der Waals surface area contributed by atoms with Gasteiger partial charge in [-0.3, -0.25) is 14.9 Å². The van der Waals surface area contributed by atoms with Crippen LogP contribution in [0.25, 0.3) is 11.1 Å². The van der Waals surface area contributed by atoms with Gasteiger partial charge in [0, 0.05) is 32.1 Å². The van der Waals surface area contributed by atoms with E-state index in [9.17, 15) is 14.4 Å². The third-order valence-electron chi connectivity index (χ3n) is 5.82. The standard InChI is InChI=1S/C26H25N3O5/c1-29(15-7-13-23(30)31)25(32)24-22(12-6-14-27-24)28-26(33)34-16-21-19-10-4-2-8-17(19)18-9-3-5-11-20(18)21/h2-6,8-12,14,21H,7,13,15-16H2,1H3,(H,28,33)(H,30,31). The molecule has 1 aliphatic rings. The maximum Gasteiger partial charge on any atom is 0.411 e. The number of carboxylic acid groups (broad SMARTS) is 1. The molecule has 2 amide bonds. The van der Waals surface area contributed by atoms with Crippen LogP contribution in [0, 0.1) is 0 Å². The predicted molar refractivity (Wildman–Crippen MR) is 127 cm³/mol. The summed E-state index contributed by atoms with van der Waals surface area (Å²) in [7, 11) is 1.57. The van der Waals surface area contributed by atoms with Gasteiger partial charge >= 0.3 is 12.1 Å². The highest BCUT2D eigenvalue weighted by atomic mass is 16.5. The van der Waals surface area contributed by atoms with Crippen molar-refractivity contribution in [3.63, 3.8) is 0 Å². The molecule has 0 unspecified atom stereocenters. The summed E-state index contributed by atoms with van der Waals surface area (Å²) in [6, 6.07) is 19.3. The van der Waals surface area contributed by atoms with Crippen LogP contribution >= 0.6 is 0 Å². The molecule has 3 aromatic rings. The molecule has 0 saturated carbocycles. The van der Waals surface area contributed by atoms with E-state index in [4.69, 9.17) is 9.84 Å². The van der Waals surface area contributed by atoms with Gasteiger partial charge in [0.2, 0.25) is 0 Å². The van der Waals surface area contributed by atoms with Crippen molar-refractivity contribution in [2.45, 2.75) is 18.8 Å². The number of carbonyl (C=O) groups excluding carboxylic acids is 2. The lowest BCUT2D eigenvalue weighted by atomic mass is 9.98. The monoisotopic (exact) mass is 459 g/mol. The molecule has 0 radical (unpaired) electrons. The van der Waals surface area contributed by atoms with Gasteiger partial charge in [0.15, 0.2) is 5.69 Å². The molecule has 1 aromatic heterocycles. The fraction of sp³-hybridized carbons (Fsp3) is 0.231. The normalized spacial score (nSPS) is 11.9. The molecule has 0 fully saturated rings. The van der Waals surface area contributed by atoms with Gasteiger partial charge < -0.3 is 14.7 Å². The molecule has 174 valence electrons. The van der Waals surface area contributed by atoms with Gasteiger partial charge in [-0.15, -0.1) is 0 Å². The Bertz CT molecular complexity index is 1180. The molecule has 1 heterocycles. The summed E-state index contributed by atoms with van der Waals surface area (Å²) in [5.74, 6) is -1.41. The highest BCUT2D eigenvalue weighted by Gasteiger charge is 2.29. The predicted octanol–water partition coefficient (Wildman–Crippen LogP) is 4.38. The quantitative estimate of drug-likeness (QED) is 0.518. The van der Waals surface area contributed by atoms with Crippen molar-refractivity contribution in [2.24, 2.45) is 0 Å². The van der Waals surface area contributed by atoms with Crippen molar-refractivity contribution in [3.05, 3.63) is 83.7 Å². The molecule has 0 aliphatic heterocycles. The number of pyridine rings is 1. The Morgan fingerprint density at radius 2 is 1.65 bits per heavy atom. The number of nitrogens with zero attached hydrogens (tertiary/aromatic N) is 2. The largest absolute Gasteiger partial charge is 0.481 e. The van der Waals surface area contributed by atoms with E-state index in [2.05, 4.69) is 22.4 Å². The van der Waals surface area contributed by atoms with Crippen molar-refractivity contribution in [3.8, 4) is 11.1 Å². The first-order valence-corrected chi connectivity index (χ1v) is 11.0. The molecular weight excluding hydrogens is 434 g/mol. The topological polar surface area (TPSA) is 109 Å². The van der Waals surface area contributed by atoms with Crippen molar-refractivity contribution in [1.82, 2.24) is 9.88 Å². The molecule has 4 rings (SSSR count). The molecule has 2 N–H and O–H groups in total. The first-order chi connectivity index (χ1) is 16.5. The molecule has 0 saturated heterocycles.